The summed E-state index contributed by atoms with van der Waals surface area (Å²) in [6.07, 6.45) is 2.81. The van der Waals surface area contributed by atoms with Crippen molar-refractivity contribution in [3.8, 4) is 0 Å². The average Bonchev–Trinajstić information content (AvgIpc) is 2.47. The minimum Gasteiger partial charge on any atom is -0.449 e. The fraction of sp³-hybridized carbons (Fsp3) is 0.533. The number of rotatable bonds is 4. The van der Waals surface area contributed by atoms with E-state index in [-0.39, 0.29) is 6.09 Å². The van der Waals surface area contributed by atoms with Crippen LogP contribution in [-0.4, -0.2) is 25.8 Å². The lowest BCUT2D eigenvalue weighted by atomic mass is 9.99. The molecule has 0 radical (unpaired) electrons. The van der Waals surface area contributed by atoms with Gasteiger partial charge in [0.25, 0.3) is 0 Å². The minimum absolute atomic E-state index is 0.359. The number of nitrogens with one attached hydrogen (secondary N) is 2. The van der Waals surface area contributed by atoms with Gasteiger partial charge in [-0.05, 0) is 56.0 Å². The smallest absolute Gasteiger partial charge is 0.411 e. The quantitative estimate of drug-likeness (QED) is 0.877. The first-order chi connectivity index (χ1) is 9.28. The van der Waals surface area contributed by atoms with Gasteiger partial charge in [-0.15, -0.1) is 0 Å². The van der Waals surface area contributed by atoms with E-state index in [4.69, 9.17) is 4.74 Å². The maximum Gasteiger partial charge on any atom is 0.411 e. The van der Waals surface area contributed by atoms with Crippen LogP contribution in [0.25, 0.3) is 0 Å². The topological polar surface area (TPSA) is 50.4 Å². The lowest BCUT2D eigenvalue weighted by Crippen LogP contribution is -2.31. The van der Waals surface area contributed by atoms with Crippen LogP contribution in [0.3, 0.4) is 0 Å². The Labute approximate surface area is 114 Å². The molecule has 0 aromatic heterocycles. The summed E-state index contributed by atoms with van der Waals surface area (Å²) in [6, 6.07) is 7.85. The average molecular weight is 262 g/mol. The highest BCUT2D eigenvalue weighted by molar-refractivity contribution is 5.84. The fourth-order valence-electron chi connectivity index (χ4n) is 2.22. The minimum atomic E-state index is -0.359. The molecule has 0 unspecified atom stereocenters. The zero-order valence-electron chi connectivity index (χ0n) is 11.4. The van der Waals surface area contributed by atoms with Gasteiger partial charge in [0.2, 0.25) is 0 Å². The van der Waals surface area contributed by atoms with E-state index in [0.717, 1.165) is 38.0 Å². The van der Waals surface area contributed by atoms with Gasteiger partial charge >= 0.3 is 6.09 Å². The molecule has 1 saturated heterocycles. The highest BCUT2D eigenvalue weighted by Gasteiger charge is 2.15. The molecule has 2 N–H and O–H groups in total. The van der Waals surface area contributed by atoms with Gasteiger partial charge in [-0.1, -0.05) is 19.1 Å². The van der Waals surface area contributed by atoms with E-state index in [9.17, 15) is 4.79 Å². The molecule has 0 spiro atoms. The van der Waals surface area contributed by atoms with E-state index in [2.05, 4.69) is 17.6 Å². The van der Waals surface area contributed by atoms with E-state index in [1.807, 2.05) is 24.3 Å². The molecule has 104 valence electrons. The SMILES string of the molecule is CCc1ccc(NC(=O)OCC2CCNCC2)cc1. The first-order valence-corrected chi connectivity index (χ1v) is 7.01. The number of carbonyl (C=O) groups is 1. The molecule has 1 aromatic rings. The van der Waals surface area contributed by atoms with E-state index in [1.54, 1.807) is 0 Å². The third kappa shape index (κ3) is 4.56. The summed E-state index contributed by atoms with van der Waals surface area (Å²) in [7, 11) is 0. The van der Waals surface area contributed by atoms with Crippen LogP contribution in [-0.2, 0) is 11.2 Å². The van der Waals surface area contributed by atoms with Gasteiger partial charge in [0.05, 0.1) is 6.61 Å². The second kappa shape index (κ2) is 7.14. The van der Waals surface area contributed by atoms with Gasteiger partial charge in [0.15, 0.2) is 0 Å². The summed E-state index contributed by atoms with van der Waals surface area (Å²) in [4.78, 5) is 11.7. The zero-order chi connectivity index (χ0) is 13.5. The van der Waals surface area contributed by atoms with Crippen molar-refractivity contribution in [1.29, 1.82) is 0 Å². The number of hydrogen-bond donors (Lipinski definition) is 2. The molecule has 0 aliphatic carbocycles. The molecule has 2 rings (SSSR count). The van der Waals surface area contributed by atoms with Crippen molar-refractivity contribution in [2.24, 2.45) is 5.92 Å². The molecule has 0 saturated carbocycles. The van der Waals surface area contributed by atoms with Crippen molar-refractivity contribution in [2.75, 3.05) is 25.0 Å². The van der Waals surface area contributed by atoms with E-state index in [0.29, 0.717) is 12.5 Å². The maximum absolute atomic E-state index is 11.7. The van der Waals surface area contributed by atoms with Crippen LogP contribution >= 0.6 is 0 Å². The molecule has 19 heavy (non-hydrogen) atoms. The van der Waals surface area contributed by atoms with Gasteiger partial charge in [0.1, 0.15) is 0 Å². The lowest BCUT2D eigenvalue weighted by Gasteiger charge is -2.22. The third-order valence-corrected chi connectivity index (χ3v) is 3.52. The molecule has 0 atom stereocenters. The summed E-state index contributed by atoms with van der Waals surface area (Å²) >= 11 is 0. The number of hydrogen-bond acceptors (Lipinski definition) is 3. The van der Waals surface area contributed by atoms with Crippen LogP contribution in [0.4, 0.5) is 10.5 Å². The first-order valence-electron chi connectivity index (χ1n) is 7.01. The Morgan fingerprint density at radius 3 is 2.63 bits per heavy atom. The summed E-state index contributed by atoms with van der Waals surface area (Å²) in [5.74, 6) is 0.495. The second-order valence-corrected chi connectivity index (χ2v) is 4.97. The number of aryl methyl sites for hydroxylation is 1. The molecule has 1 amide bonds. The van der Waals surface area contributed by atoms with Crippen molar-refractivity contribution in [1.82, 2.24) is 5.32 Å². The van der Waals surface area contributed by atoms with Crippen molar-refractivity contribution >= 4 is 11.8 Å². The molecule has 4 heteroatoms. The summed E-state index contributed by atoms with van der Waals surface area (Å²) in [5, 5.41) is 6.05. The fourth-order valence-corrected chi connectivity index (χ4v) is 2.22. The van der Waals surface area contributed by atoms with E-state index < -0.39 is 0 Å². The second-order valence-electron chi connectivity index (χ2n) is 4.97. The standard InChI is InChI=1S/C15H22N2O2/c1-2-12-3-5-14(6-4-12)17-15(18)19-11-13-7-9-16-10-8-13/h3-6,13,16H,2,7-11H2,1H3,(H,17,18). The Hall–Kier alpha value is -1.55. The zero-order valence-corrected chi connectivity index (χ0v) is 11.4. The first kappa shape index (κ1) is 13.9. The molecular formula is C15H22N2O2. The van der Waals surface area contributed by atoms with Gasteiger partial charge < -0.3 is 10.1 Å². The Kier molecular flexibility index (Phi) is 5.21. The normalized spacial score (nSPS) is 16.1. The van der Waals surface area contributed by atoms with Gasteiger partial charge in [0, 0.05) is 5.69 Å². The van der Waals surface area contributed by atoms with Gasteiger partial charge in [-0.2, -0.15) is 0 Å². The van der Waals surface area contributed by atoms with Gasteiger partial charge in [-0.25, -0.2) is 4.79 Å². The van der Waals surface area contributed by atoms with Crippen LogP contribution in [0.15, 0.2) is 24.3 Å². The lowest BCUT2D eigenvalue weighted by molar-refractivity contribution is 0.131. The van der Waals surface area contributed by atoms with Crippen LogP contribution in [0.1, 0.15) is 25.3 Å². The summed E-state index contributed by atoms with van der Waals surface area (Å²) in [6.45, 7) is 4.67. The molecule has 1 fully saturated rings. The molecule has 1 heterocycles. The Morgan fingerprint density at radius 1 is 1.32 bits per heavy atom. The number of piperidine rings is 1. The highest BCUT2D eigenvalue weighted by atomic mass is 16.5. The molecule has 1 aliphatic heterocycles. The molecule has 0 bridgehead atoms. The van der Waals surface area contributed by atoms with E-state index >= 15 is 0 Å². The molecular weight excluding hydrogens is 240 g/mol. The monoisotopic (exact) mass is 262 g/mol. The Morgan fingerprint density at radius 2 is 2.00 bits per heavy atom. The predicted molar refractivity (Wildman–Crippen MR) is 76.4 cm³/mol. The maximum atomic E-state index is 11.7. The number of ether oxygens (including phenoxy) is 1. The number of carbonyl (C=O) groups excluding carboxylic acids is 1. The number of amides is 1. The van der Waals surface area contributed by atoms with Crippen LogP contribution in [0.2, 0.25) is 0 Å². The predicted octanol–water partition coefficient (Wildman–Crippen LogP) is 2.80. The Bertz CT molecular complexity index is 397. The van der Waals surface area contributed by atoms with Crippen molar-refractivity contribution < 1.29 is 9.53 Å². The van der Waals surface area contributed by atoms with Crippen molar-refractivity contribution in [3.05, 3.63) is 29.8 Å². The molecule has 1 aromatic carbocycles. The van der Waals surface area contributed by atoms with Crippen LogP contribution in [0, 0.1) is 5.92 Å². The summed E-state index contributed by atoms with van der Waals surface area (Å²) in [5.41, 5.74) is 2.04. The van der Waals surface area contributed by atoms with Crippen molar-refractivity contribution in [2.45, 2.75) is 26.2 Å². The van der Waals surface area contributed by atoms with Crippen molar-refractivity contribution in [3.63, 3.8) is 0 Å². The third-order valence-electron chi connectivity index (χ3n) is 3.52. The largest absolute Gasteiger partial charge is 0.449 e. The molecule has 1 aliphatic rings. The van der Waals surface area contributed by atoms with Crippen LogP contribution < -0.4 is 10.6 Å². The highest BCUT2D eigenvalue weighted by Crippen LogP contribution is 2.13. The Balaban J connectivity index is 1.73. The van der Waals surface area contributed by atoms with Gasteiger partial charge in [-0.3, -0.25) is 5.32 Å². The molecule has 4 nitrogen and oxygen atoms in total. The summed E-state index contributed by atoms with van der Waals surface area (Å²) < 4.78 is 5.26. The van der Waals surface area contributed by atoms with E-state index in [1.165, 1.54) is 5.56 Å². The van der Waals surface area contributed by atoms with Crippen LogP contribution in [0.5, 0.6) is 0 Å². The number of benzene rings is 1. The number of anilines is 1.